The van der Waals surface area contributed by atoms with E-state index in [1.807, 2.05) is 60.7 Å². The molecule has 0 fully saturated rings. The van der Waals surface area contributed by atoms with Crippen LogP contribution in [0, 0.1) is 0 Å². The Bertz CT molecular complexity index is 664. The summed E-state index contributed by atoms with van der Waals surface area (Å²) in [5, 5.41) is 3.99. The van der Waals surface area contributed by atoms with Crippen LogP contribution in [0.4, 0.5) is 0 Å². The summed E-state index contributed by atoms with van der Waals surface area (Å²) in [6.07, 6.45) is 0.532. The molecule has 3 aromatic rings. The fourth-order valence-corrected chi connectivity index (χ4v) is 2.05. The number of nitrogens with zero attached hydrogens (tertiary/aromatic N) is 2. The maximum atomic E-state index is 6.15. The summed E-state index contributed by atoms with van der Waals surface area (Å²) in [6, 6.07) is 19.5. The van der Waals surface area contributed by atoms with Gasteiger partial charge in [-0.1, -0.05) is 65.8 Å². The van der Waals surface area contributed by atoms with E-state index in [4.69, 9.17) is 10.3 Å². The number of rotatable bonds is 4. The Balaban J connectivity index is 1.75. The summed E-state index contributed by atoms with van der Waals surface area (Å²) < 4.78 is 5.27. The lowest BCUT2D eigenvalue weighted by molar-refractivity contribution is 0.370. The minimum absolute atomic E-state index is 0.139. The van der Waals surface area contributed by atoms with E-state index in [2.05, 4.69) is 10.1 Å². The lowest BCUT2D eigenvalue weighted by Crippen LogP contribution is -2.13. The summed E-state index contributed by atoms with van der Waals surface area (Å²) in [5.41, 5.74) is 8.15. The summed E-state index contributed by atoms with van der Waals surface area (Å²) >= 11 is 0. The van der Waals surface area contributed by atoms with E-state index in [1.165, 1.54) is 0 Å². The van der Waals surface area contributed by atoms with Gasteiger partial charge in [-0.15, -0.1) is 0 Å². The van der Waals surface area contributed by atoms with E-state index in [-0.39, 0.29) is 6.04 Å². The molecule has 0 aliphatic carbocycles. The van der Waals surface area contributed by atoms with Crippen LogP contribution < -0.4 is 5.73 Å². The van der Waals surface area contributed by atoms with Gasteiger partial charge in [0.05, 0.1) is 0 Å². The van der Waals surface area contributed by atoms with Gasteiger partial charge in [0.2, 0.25) is 11.7 Å². The highest BCUT2D eigenvalue weighted by Gasteiger charge is 2.13. The van der Waals surface area contributed by atoms with Gasteiger partial charge in [-0.3, -0.25) is 0 Å². The minimum atomic E-state index is -0.139. The predicted molar refractivity (Wildman–Crippen MR) is 76.8 cm³/mol. The highest BCUT2D eigenvalue weighted by molar-refractivity contribution is 5.53. The standard InChI is InChI=1S/C16H15N3O/c17-14(12-7-3-1-4-8-12)11-15-18-16(19-20-15)13-9-5-2-6-10-13/h1-10,14H,11,17H2/t14-/m0/s1. The van der Waals surface area contributed by atoms with Crippen LogP contribution >= 0.6 is 0 Å². The minimum Gasteiger partial charge on any atom is -0.339 e. The van der Waals surface area contributed by atoms with E-state index >= 15 is 0 Å². The summed E-state index contributed by atoms with van der Waals surface area (Å²) in [7, 11) is 0. The summed E-state index contributed by atoms with van der Waals surface area (Å²) in [4.78, 5) is 4.39. The zero-order chi connectivity index (χ0) is 13.8. The fraction of sp³-hybridized carbons (Fsp3) is 0.125. The van der Waals surface area contributed by atoms with Crippen molar-refractivity contribution < 1.29 is 4.52 Å². The second-order valence-electron chi connectivity index (χ2n) is 4.60. The number of benzene rings is 2. The molecule has 0 unspecified atom stereocenters. The Morgan fingerprint density at radius 1 is 0.950 bits per heavy atom. The first-order valence-corrected chi connectivity index (χ1v) is 6.51. The van der Waals surface area contributed by atoms with Crippen molar-refractivity contribution >= 4 is 0 Å². The zero-order valence-corrected chi connectivity index (χ0v) is 10.9. The molecule has 3 rings (SSSR count). The van der Waals surface area contributed by atoms with Crippen LogP contribution in [0.1, 0.15) is 17.5 Å². The Kier molecular flexibility index (Phi) is 3.56. The number of aromatic nitrogens is 2. The molecule has 1 atom stereocenters. The highest BCUT2D eigenvalue weighted by atomic mass is 16.5. The maximum absolute atomic E-state index is 6.15. The van der Waals surface area contributed by atoms with Crippen LogP contribution in [0.15, 0.2) is 65.2 Å². The second kappa shape index (κ2) is 5.67. The van der Waals surface area contributed by atoms with Crippen LogP contribution in [0.2, 0.25) is 0 Å². The number of nitrogens with two attached hydrogens (primary N) is 1. The first-order valence-electron chi connectivity index (χ1n) is 6.51. The lowest BCUT2D eigenvalue weighted by atomic mass is 10.1. The molecule has 0 saturated carbocycles. The molecule has 0 saturated heterocycles. The quantitative estimate of drug-likeness (QED) is 0.787. The first kappa shape index (κ1) is 12.6. The highest BCUT2D eigenvalue weighted by Crippen LogP contribution is 2.18. The molecule has 1 aromatic heterocycles. The molecule has 20 heavy (non-hydrogen) atoms. The van der Waals surface area contributed by atoms with Crippen LogP contribution in [0.3, 0.4) is 0 Å². The zero-order valence-electron chi connectivity index (χ0n) is 10.9. The molecule has 0 aliphatic heterocycles. The molecular weight excluding hydrogens is 250 g/mol. The third-order valence-electron chi connectivity index (χ3n) is 3.12. The van der Waals surface area contributed by atoms with Gasteiger partial charge in [0.1, 0.15) is 0 Å². The maximum Gasteiger partial charge on any atom is 0.228 e. The molecule has 2 aromatic carbocycles. The van der Waals surface area contributed by atoms with Gasteiger partial charge in [-0.05, 0) is 5.56 Å². The number of hydrogen-bond acceptors (Lipinski definition) is 4. The Morgan fingerprint density at radius 3 is 2.30 bits per heavy atom. The van der Waals surface area contributed by atoms with Gasteiger partial charge in [-0.25, -0.2) is 0 Å². The average Bonchev–Trinajstić information content (AvgIpc) is 2.97. The lowest BCUT2D eigenvalue weighted by Gasteiger charge is -2.08. The van der Waals surface area contributed by atoms with Gasteiger partial charge in [0.15, 0.2) is 0 Å². The molecule has 0 bridgehead atoms. The van der Waals surface area contributed by atoms with Gasteiger partial charge < -0.3 is 10.3 Å². The van der Waals surface area contributed by atoms with Crippen molar-refractivity contribution in [3.8, 4) is 11.4 Å². The Hall–Kier alpha value is -2.46. The van der Waals surface area contributed by atoms with Crippen LogP contribution in [-0.2, 0) is 6.42 Å². The van der Waals surface area contributed by atoms with Gasteiger partial charge in [0.25, 0.3) is 0 Å². The van der Waals surface area contributed by atoms with Crippen LogP contribution in [0.5, 0.6) is 0 Å². The van der Waals surface area contributed by atoms with Crippen molar-refractivity contribution in [1.82, 2.24) is 10.1 Å². The van der Waals surface area contributed by atoms with E-state index in [0.29, 0.717) is 18.1 Å². The third-order valence-corrected chi connectivity index (χ3v) is 3.12. The van der Waals surface area contributed by atoms with Crippen molar-refractivity contribution in [2.24, 2.45) is 5.73 Å². The van der Waals surface area contributed by atoms with Gasteiger partial charge >= 0.3 is 0 Å². The van der Waals surface area contributed by atoms with E-state index in [0.717, 1.165) is 11.1 Å². The van der Waals surface area contributed by atoms with Crippen molar-refractivity contribution in [3.63, 3.8) is 0 Å². The summed E-state index contributed by atoms with van der Waals surface area (Å²) in [5.74, 6) is 1.15. The number of hydrogen-bond donors (Lipinski definition) is 1. The van der Waals surface area contributed by atoms with E-state index in [9.17, 15) is 0 Å². The predicted octanol–water partition coefficient (Wildman–Crippen LogP) is 2.98. The molecular formula is C16H15N3O. The molecule has 0 radical (unpaired) electrons. The van der Waals surface area contributed by atoms with Crippen molar-refractivity contribution in [1.29, 1.82) is 0 Å². The largest absolute Gasteiger partial charge is 0.339 e. The topological polar surface area (TPSA) is 64.9 Å². The van der Waals surface area contributed by atoms with E-state index in [1.54, 1.807) is 0 Å². The molecule has 4 heteroatoms. The normalized spacial score (nSPS) is 12.2. The van der Waals surface area contributed by atoms with Gasteiger partial charge in [-0.2, -0.15) is 4.98 Å². The second-order valence-corrected chi connectivity index (χ2v) is 4.60. The molecule has 2 N–H and O–H groups in total. The molecule has 1 heterocycles. The van der Waals surface area contributed by atoms with Crippen molar-refractivity contribution in [3.05, 3.63) is 72.1 Å². The van der Waals surface area contributed by atoms with Crippen LogP contribution in [0.25, 0.3) is 11.4 Å². The SMILES string of the molecule is N[C@@H](Cc1nc(-c2ccccc2)no1)c1ccccc1. The Morgan fingerprint density at radius 2 is 1.60 bits per heavy atom. The summed E-state index contributed by atoms with van der Waals surface area (Å²) in [6.45, 7) is 0. The Labute approximate surface area is 117 Å². The molecule has 0 aliphatic rings. The van der Waals surface area contributed by atoms with Crippen LogP contribution in [-0.4, -0.2) is 10.1 Å². The molecule has 4 nitrogen and oxygen atoms in total. The van der Waals surface area contributed by atoms with Gasteiger partial charge in [0, 0.05) is 18.0 Å². The average molecular weight is 265 g/mol. The molecule has 0 spiro atoms. The smallest absolute Gasteiger partial charge is 0.228 e. The molecule has 100 valence electrons. The third kappa shape index (κ3) is 2.75. The van der Waals surface area contributed by atoms with Crippen molar-refractivity contribution in [2.45, 2.75) is 12.5 Å². The monoisotopic (exact) mass is 265 g/mol. The van der Waals surface area contributed by atoms with E-state index < -0.39 is 0 Å². The fourth-order valence-electron chi connectivity index (χ4n) is 2.05. The first-order chi connectivity index (χ1) is 9.83. The molecule has 0 amide bonds. The van der Waals surface area contributed by atoms with Crippen molar-refractivity contribution in [2.75, 3.05) is 0 Å².